The van der Waals surface area contributed by atoms with Gasteiger partial charge in [0.25, 0.3) is 5.95 Å². The molecule has 0 amide bonds. The molecule has 4 heterocycles. The number of hydrogen-bond donors (Lipinski definition) is 2. The molecule has 0 saturated carbocycles. The quantitative estimate of drug-likeness (QED) is 0.563. The van der Waals surface area contributed by atoms with Crippen molar-refractivity contribution in [2.24, 2.45) is 0 Å². The van der Waals surface area contributed by atoms with Crippen molar-refractivity contribution in [3.63, 3.8) is 0 Å². The van der Waals surface area contributed by atoms with E-state index in [4.69, 9.17) is 4.42 Å². The van der Waals surface area contributed by atoms with E-state index < -0.39 is 5.60 Å². The summed E-state index contributed by atoms with van der Waals surface area (Å²) in [7, 11) is 0. The number of aliphatic hydroxyl groups is 1. The summed E-state index contributed by atoms with van der Waals surface area (Å²) in [6.45, 7) is 1.87. The Hall–Kier alpha value is -3.33. The Kier molecular flexibility index (Phi) is 3.62. The van der Waals surface area contributed by atoms with Crippen molar-refractivity contribution >= 4 is 16.9 Å². The molecule has 0 aliphatic carbocycles. The van der Waals surface area contributed by atoms with Crippen molar-refractivity contribution in [1.29, 1.82) is 0 Å². The third-order valence-electron chi connectivity index (χ3n) is 3.76. The standard InChI is InChI=1S/C16H15N7O2/c1-16(24,12-4-2-7-25-12)9-19-13-11-8-22-23(14(11)21-10-20-13)15-17-5-3-6-18-15/h2-8,10,24H,9H2,1H3,(H,19,20,21). The van der Waals surface area contributed by atoms with E-state index in [0.717, 1.165) is 0 Å². The summed E-state index contributed by atoms with van der Waals surface area (Å²) in [5.41, 5.74) is -0.611. The van der Waals surface area contributed by atoms with Crippen LogP contribution in [-0.4, -0.2) is 41.4 Å². The molecule has 0 saturated heterocycles. The van der Waals surface area contributed by atoms with E-state index in [1.54, 1.807) is 43.7 Å². The SMILES string of the molecule is CC(O)(CNc1ncnc2c1cnn2-c1ncccn1)c1ccco1. The second kappa shape index (κ2) is 5.95. The minimum absolute atomic E-state index is 0.208. The Morgan fingerprint density at radius 3 is 2.80 bits per heavy atom. The van der Waals surface area contributed by atoms with Crippen molar-refractivity contribution < 1.29 is 9.52 Å². The predicted octanol–water partition coefficient (Wildman–Crippen LogP) is 1.52. The summed E-state index contributed by atoms with van der Waals surface area (Å²) in [5, 5.41) is 18.7. The molecule has 0 aromatic carbocycles. The average molecular weight is 337 g/mol. The Labute approximate surface area is 142 Å². The minimum Gasteiger partial charge on any atom is -0.466 e. The zero-order valence-electron chi connectivity index (χ0n) is 13.4. The molecule has 0 bridgehead atoms. The van der Waals surface area contributed by atoms with Crippen LogP contribution in [-0.2, 0) is 5.60 Å². The van der Waals surface area contributed by atoms with Gasteiger partial charge < -0.3 is 14.8 Å². The largest absolute Gasteiger partial charge is 0.466 e. The van der Waals surface area contributed by atoms with Crippen LogP contribution in [0.3, 0.4) is 0 Å². The summed E-state index contributed by atoms with van der Waals surface area (Å²) in [5.74, 6) is 1.45. The van der Waals surface area contributed by atoms with Gasteiger partial charge in [0.1, 0.15) is 23.5 Å². The lowest BCUT2D eigenvalue weighted by atomic mass is 10.0. The van der Waals surface area contributed by atoms with Gasteiger partial charge in [0.15, 0.2) is 5.65 Å². The van der Waals surface area contributed by atoms with Crippen LogP contribution in [0.25, 0.3) is 17.0 Å². The first kappa shape index (κ1) is 15.2. The van der Waals surface area contributed by atoms with Gasteiger partial charge in [-0.1, -0.05) is 0 Å². The van der Waals surface area contributed by atoms with E-state index in [-0.39, 0.29) is 6.54 Å². The maximum atomic E-state index is 10.6. The first-order valence-corrected chi connectivity index (χ1v) is 7.61. The van der Waals surface area contributed by atoms with Crippen LogP contribution in [0, 0.1) is 0 Å². The van der Waals surface area contributed by atoms with Crippen LogP contribution in [0.4, 0.5) is 5.82 Å². The lowest BCUT2D eigenvalue weighted by molar-refractivity contribution is 0.0476. The molecule has 0 aliphatic rings. The number of nitrogens with zero attached hydrogens (tertiary/aromatic N) is 6. The van der Waals surface area contributed by atoms with Crippen molar-refractivity contribution in [3.05, 3.63) is 55.1 Å². The Bertz CT molecular complexity index is 980. The van der Waals surface area contributed by atoms with Gasteiger partial charge in [-0.3, -0.25) is 0 Å². The second-order valence-corrected chi connectivity index (χ2v) is 5.67. The van der Waals surface area contributed by atoms with Crippen molar-refractivity contribution in [3.8, 4) is 5.95 Å². The Balaban J connectivity index is 1.64. The lowest BCUT2D eigenvalue weighted by Gasteiger charge is -2.21. The van der Waals surface area contributed by atoms with Crippen LogP contribution in [0.15, 0.2) is 53.8 Å². The molecule has 25 heavy (non-hydrogen) atoms. The topological polar surface area (TPSA) is 115 Å². The zero-order valence-corrected chi connectivity index (χ0v) is 13.4. The third-order valence-corrected chi connectivity index (χ3v) is 3.76. The van der Waals surface area contributed by atoms with E-state index >= 15 is 0 Å². The molecule has 9 nitrogen and oxygen atoms in total. The summed E-state index contributed by atoms with van der Waals surface area (Å²) in [6, 6.07) is 5.19. The normalized spacial score (nSPS) is 13.7. The van der Waals surface area contributed by atoms with Crippen LogP contribution < -0.4 is 5.32 Å². The Morgan fingerprint density at radius 2 is 2.04 bits per heavy atom. The fourth-order valence-electron chi connectivity index (χ4n) is 2.46. The Morgan fingerprint density at radius 1 is 1.20 bits per heavy atom. The number of aromatic nitrogens is 6. The van der Waals surface area contributed by atoms with Gasteiger partial charge in [-0.2, -0.15) is 9.78 Å². The van der Waals surface area contributed by atoms with Gasteiger partial charge in [0, 0.05) is 12.4 Å². The highest BCUT2D eigenvalue weighted by atomic mass is 16.4. The van der Waals surface area contributed by atoms with Crippen molar-refractivity contribution in [2.75, 3.05) is 11.9 Å². The predicted molar refractivity (Wildman–Crippen MR) is 89.0 cm³/mol. The zero-order chi connectivity index (χ0) is 17.3. The molecule has 4 aromatic rings. The molecule has 1 atom stereocenters. The molecule has 126 valence electrons. The number of fused-ring (bicyclic) bond motifs is 1. The lowest BCUT2D eigenvalue weighted by Crippen LogP contribution is -2.30. The van der Waals surface area contributed by atoms with E-state index in [1.807, 2.05) is 0 Å². The fourth-order valence-corrected chi connectivity index (χ4v) is 2.46. The molecule has 9 heteroatoms. The highest BCUT2D eigenvalue weighted by molar-refractivity contribution is 5.86. The first-order valence-electron chi connectivity index (χ1n) is 7.61. The molecule has 1 unspecified atom stereocenters. The number of rotatable bonds is 5. The minimum atomic E-state index is -1.18. The van der Waals surface area contributed by atoms with Gasteiger partial charge >= 0.3 is 0 Å². The number of hydrogen-bond acceptors (Lipinski definition) is 8. The monoisotopic (exact) mass is 337 g/mol. The molecule has 2 N–H and O–H groups in total. The third kappa shape index (κ3) is 2.81. The fraction of sp³-hybridized carbons (Fsp3) is 0.188. The molecule has 0 spiro atoms. The molecule has 4 aromatic heterocycles. The molecule has 4 rings (SSSR count). The summed E-state index contributed by atoms with van der Waals surface area (Å²) in [4.78, 5) is 16.9. The van der Waals surface area contributed by atoms with Crippen molar-refractivity contribution in [2.45, 2.75) is 12.5 Å². The van der Waals surface area contributed by atoms with Crippen LogP contribution in [0.5, 0.6) is 0 Å². The number of anilines is 1. The summed E-state index contributed by atoms with van der Waals surface area (Å²) in [6.07, 6.45) is 7.85. The highest BCUT2D eigenvalue weighted by Gasteiger charge is 2.26. The van der Waals surface area contributed by atoms with E-state index in [0.29, 0.717) is 28.6 Å². The van der Waals surface area contributed by atoms with Crippen LogP contribution >= 0.6 is 0 Å². The van der Waals surface area contributed by atoms with Crippen LogP contribution in [0.1, 0.15) is 12.7 Å². The van der Waals surface area contributed by atoms with Crippen LogP contribution in [0.2, 0.25) is 0 Å². The number of nitrogens with one attached hydrogen (secondary N) is 1. The second-order valence-electron chi connectivity index (χ2n) is 5.67. The van der Waals surface area contributed by atoms with Gasteiger partial charge in [-0.05, 0) is 25.1 Å². The van der Waals surface area contributed by atoms with Gasteiger partial charge in [0.05, 0.1) is 24.4 Å². The van der Waals surface area contributed by atoms with Gasteiger partial charge in [-0.15, -0.1) is 0 Å². The van der Waals surface area contributed by atoms with E-state index in [2.05, 4.69) is 30.4 Å². The molecular formula is C16H15N7O2. The molecule has 0 aliphatic heterocycles. The average Bonchev–Trinajstić information content (AvgIpc) is 3.31. The van der Waals surface area contributed by atoms with Crippen molar-refractivity contribution in [1.82, 2.24) is 29.7 Å². The first-order chi connectivity index (χ1) is 12.1. The smallest absolute Gasteiger partial charge is 0.252 e. The van der Waals surface area contributed by atoms with E-state index in [9.17, 15) is 5.11 Å². The maximum absolute atomic E-state index is 10.6. The van der Waals surface area contributed by atoms with Gasteiger partial charge in [-0.25, -0.2) is 19.9 Å². The summed E-state index contributed by atoms with van der Waals surface area (Å²) >= 11 is 0. The number of furan rings is 1. The molecule has 0 radical (unpaired) electrons. The highest BCUT2D eigenvalue weighted by Crippen LogP contribution is 2.24. The summed E-state index contributed by atoms with van der Waals surface area (Å²) < 4.78 is 6.81. The molecular weight excluding hydrogens is 322 g/mol. The maximum Gasteiger partial charge on any atom is 0.252 e. The molecule has 0 fully saturated rings. The van der Waals surface area contributed by atoms with E-state index in [1.165, 1.54) is 17.3 Å². The van der Waals surface area contributed by atoms with Gasteiger partial charge in [0.2, 0.25) is 0 Å².